The van der Waals surface area contributed by atoms with Crippen LogP contribution in [0.5, 0.6) is 0 Å². The Morgan fingerprint density at radius 3 is 2.66 bits per heavy atom. The van der Waals surface area contributed by atoms with Gasteiger partial charge in [0, 0.05) is 37.6 Å². The molecular weight excluding hydrogens is 370 g/mol. The highest BCUT2D eigenvalue weighted by Crippen LogP contribution is 2.35. The predicted octanol–water partition coefficient (Wildman–Crippen LogP) is 2.62. The maximum absolute atomic E-state index is 11.8. The molecule has 1 aromatic heterocycles. The van der Waals surface area contributed by atoms with E-state index in [1.54, 1.807) is 6.07 Å². The second kappa shape index (κ2) is 8.08. The first kappa shape index (κ1) is 18.6. The van der Waals surface area contributed by atoms with Gasteiger partial charge in [-0.15, -0.1) is 0 Å². The number of piperazine rings is 1. The van der Waals surface area contributed by atoms with Crippen molar-refractivity contribution in [3.63, 3.8) is 0 Å². The first-order valence-corrected chi connectivity index (χ1v) is 9.27. The van der Waals surface area contributed by atoms with Crippen LogP contribution in [0, 0.1) is 21.4 Å². The van der Waals surface area contributed by atoms with Gasteiger partial charge in [-0.1, -0.05) is 30.3 Å². The Morgan fingerprint density at radius 1 is 1.21 bits per heavy atom. The molecule has 0 radical (unpaired) electrons. The standard InChI is InChI=1S/C20H19N7O2/c21-12-17(14-4-2-1-3-5-14)25-20-15-10-19(27(28)29)18(11-16(15)23-13-24-20)26-8-6-22-7-9-26/h1-5,10-11,13,17,22H,6-9H2,(H,23,24,25). The summed E-state index contributed by atoms with van der Waals surface area (Å²) in [6, 6.07) is 14.1. The van der Waals surface area contributed by atoms with Crippen molar-refractivity contribution in [2.75, 3.05) is 36.4 Å². The van der Waals surface area contributed by atoms with E-state index >= 15 is 0 Å². The van der Waals surface area contributed by atoms with Crippen molar-refractivity contribution in [1.29, 1.82) is 5.26 Å². The highest BCUT2D eigenvalue weighted by atomic mass is 16.6. The van der Waals surface area contributed by atoms with Gasteiger partial charge in [-0.3, -0.25) is 10.1 Å². The zero-order valence-corrected chi connectivity index (χ0v) is 15.6. The van der Waals surface area contributed by atoms with Crippen molar-refractivity contribution in [1.82, 2.24) is 15.3 Å². The quantitative estimate of drug-likeness (QED) is 0.505. The van der Waals surface area contributed by atoms with E-state index in [0.717, 1.165) is 18.7 Å². The lowest BCUT2D eigenvalue weighted by atomic mass is 10.1. The minimum atomic E-state index is -0.638. The van der Waals surface area contributed by atoms with Gasteiger partial charge in [0.25, 0.3) is 5.69 Å². The molecule has 0 spiro atoms. The number of fused-ring (bicyclic) bond motifs is 1. The SMILES string of the molecule is N#CC(Nc1ncnc2cc(N3CCNCC3)c([N+](=O)[O-])cc12)c1ccccc1. The van der Waals surface area contributed by atoms with Crippen LogP contribution in [0.1, 0.15) is 11.6 Å². The van der Waals surface area contributed by atoms with E-state index in [1.807, 2.05) is 35.2 Å². The fourth-order valence-corrected chi connectivity index (χ4v) is 3.47. The molecule has 1 saturated heterocycles. The van der Waals surface area contributed by atoms with E-state index in [4.69, 9.17) is 0 Å². The van der Waals surface area contributed by atoms with Crippen molar-refractivity contribution >= 4 is 28.1 Å². The van der Waals surface area contributed by atoms with Crippen LogP contribution in [0.25, 0.3) is 10.9 Å². The molecule has 0 bridgehead atoms. The van der Waals surface area contributed by atoms with Gasteiger partial charge < -0.3 is 15.5 Å². The van der Waals surface area contributed by atoms with E-state index in [2.05, 4.69) is 26.7 Å². The topological polar surface area (TPSA) is 120 Å². The van der Waals surface area contributed by atoms with Gasteiger partial charge in [-0.25, -0.2) is 9.97 Å². The minimum absolute atomic E-state index is 0.00506. The number of anilines is 2. The zero-order chi connectivity index (χ0) is 20.2. The van der Waals surface area contributed by atoms with E-state index in [9.17, 15) is 15.4 Å². The van der Waals surface area contributed by atoms with Gasteiger partial charge in [0.05, 0.1) is 16.5 Å². The number of rotatable bonds is 5. The maximum atomic E-state index is 11.8. The van der Waals surface area contributed by atoms with Gasteiger partial charge in [-0.05, 0) is 11.6 Å². The molecule has 1 aliphatic heterocycles. The van der Waals surface area contributed by atoms with Gasteiger partial charge in [0.1, 0.15) is 23.9 Å². The van der Waals surface area contributed by atoms with Gasteiger partial charge in [0.2, 0.25) is 0 Å². The Morgan fingerprint density at radius 2 is 1.97 bits per heavy atom. The number of nitrogens with one attached hydrogen (secondary N) is 2. The number of nitro benzene ring substituents is 1. The largest absolute Gasteiger partial charge is 0.363 e. The first-order chi connectivity index (χ1) is 14.2. The lowest BCUT2D eigenvalue weighted by molar-refractivity contribution is -0.384. The first-order valence-electron chi connectivity index (χ1n) is 9.27. The van der Waals surface area contributed by atoms with Crippen molar-refractivity contribution in [3.8, 4) is 6.07 Å². The Bertz CT molecular complexity index is 1080. The average molecular weight is 389 g/mol. The monoisotopic (exact) mass is 389 g/mol. The third kappa shape index (κ3) is 3.79. The van der Waals surface area contributed by atoms with Gasteiger partial charge >= 0.3 is 0 Å². The summed E-state index contributed by atoms with van der Waals surface area (Å²) < 4.78 is 0. The Kier molecular flexibility index (Phi) is 5.18. The molecule has 29 heavy (non-hydrogen) atoms. The second-order valence-corrected chi connectivity index (χ2v) is 6.69. The lowest BCUT2D eigenvalue weighted by Crippen LogP contribution is -2.43. The fraction of sp³-hybridized carbons (Fsp3) is 0.250. The molecule has 2 N–H and O–H groups in total. The van der Waals surface area contributed by atoms with E-state index in [0.29, 0.717) is 35.5 Å². The van der Waals surface area contributed by atoms with Crippen LogP contribution in [0.3, 0.4) is 0 Å². The molecule has 3 aromatic rings. The van der Waals surface area contributed by atoms with Crippen LogP contribution in [-0.4, -0.2) is 41.1 Å². The number of hydrogen-bond donors (Lipinski definition) is 2. The lowest BCUT2D eigenvalue weighted by Gasteiger charge is -2.29. The molecule has 146 valence electrons. The van der Waals surface area contributed by atoms with Crippen molar-refractivity contribution in [2.45, 2.75) is 6.04 Å². The van der Waals surface area contributed by atoms with Crippen LogP contribution < -0.4 is 15.5 Å². The minimum Gasteiger partial charge on any atom is -0.363 e. The summed E-state index contributed by atoms with van der Waals surface area (Å²) in [5, 5.41) is 28.2. The molecule has 0 aliphatic carbocycles. The summed E-state index contributed by atoms with van der Waals surface area (Å²) in [5.74, 6) is 0.389. The molecule has 1 atom stereocenters. The normalized spacial score (nSPS) is 14.9. The summed E-state index contributed by atoms with van der Waals surface area (Å²) in [5.41, 5.74) is 1.93. The third-order valence-corrected chi connectivity index (χ3v) is 4.93. The molecule has 2 heterocycles. The molecule has 9 heteroatoms. The van der Waals surface area contributed by atoms with Crippen molar-refractivity contribution in [2.24, 2.45) is 0 Å². The maximum Gasteiger partial charge on any atom is 0.293 e. The summed E-state index contributed by atoms with van der Waals surface area (Å²) in [4.78, 5) is 21.9. The molecular formula is C20H19N7O2. The number of nitro groups is 1. The summed E-state index contributed by atoms with van der Waals surface area (Å²) in [6.45, 7) is 2.92. The molecule has 1 unspecified atom stereocenters. The molecule has 9 nitrogen and oxygen atoms in total. The van der Waals surface area contributed by atoms with Crippen molar-refractivity contribution in [3.05, 3.63) is 64.5 Å². The Labute approximate surface area is 167 Å². The van der Waals surface area contributed by atoms with Gasteiger partial charge in [0.15, 0.2) is 0 Å². The zero-order valence-electron chi connectivity index (χ0n) is 15.6. The summed E-state index contributed by atoms with van der Waals surface area (Å²) in [6.07, 6.45) is 1.40. The number of aromatic nitrogens is 2. The number of hydrogen-bond acceptors (Lipinski definition) is 8. The molecule has 0 amide bonds. The van der Waals surface area contributed by atoms with Gasteiger partial charge in [-0.2, -0.15) is 5.26 Å². The molecule has 4 rings (SSSR count). The van der Waals surface area contributed by atoms with Crippen LogP contribution in [0.4, 0.5) is 17.2 Å². The van der Waals surface area contributed by atoms with Crippen LogP contribution in [0.2, 0.25) is 0 Å². The number of nitriles is 1. The fourth-order valence-electron chi connectivity index (χ4n) is 3.47. The molecule has 0 saturated carbocycles. The average Bonchev–Trinajstić information content (AvgIpc) is 2.77. The summed E-state index contributed by atoms with van der Waals surface area (Å²) in [7, 11) is 0. The molecule has 2 aromatic carbocycles. The number of nitrogens with zero attached hydrogens (tertiary/aromatic N) is 5. The predicted molar refractivity (Wildman–Crippen MR) is 110 cm³/mol. The highest BCUT2D eigenvalue weighted by molar-refractivity contribution is 5.95. The van der Waals surface area contributed by atoms with Crippen molar-refractivity contribution < 1.29 is 4.92 Å². The highest BCUT2D eigenvalue weighted by Gasteiger charge is 2.24. The van der Waals surface area contributed by atoms with E-state index in [1.165, 1.54) is 12.4 Å². The molecule has 1 fully saturated rings. The smallest absolute Gasteiger partial charge is 0.293 e. The third-order valence-electron chi connectivity index (χ3n) is 4.93. The van der Waals surface area contributed by atoms with Crippen LogP contribution >= 0.6 is 0 Å². The van der Waals surface area contributed by atoms with E-state index in [-0.39, 0.29) is 10.6 Å². The molecule has 1 aliphatic rings. The van der Waals surface area contributed by atoms with Crippen LogP contribution in [0.15, 0.2) is 48.8 Å². The van der Waals surface area contributed by atoms with Crippen LogP contribution in [-0.2, 0) is 0 Å². The Balaban J connectivity index is 1.77. The Hall–Kier alpha value is -3.77. The number of benzene rings is 2. The second-order valence-electron chi connectivity index (χ2n) is 6.69. The summed E-state index contributed by atoms with van der Waals surface area (Å²) >= 11 is 0. The van der Waals surface area contributed by atoms with E-state index < -0.39 is 6.04 Å².